The summed E-state index contributed by atoms with van der Waals surface area (Å²) in [4.78, 5) is 30.2. The van der Waals surface area contributed by atoms with Crippen molar-refractivity contribution in [3.05, 3.63) is 59.7 Å². The number of carbonyl (C=O) groups excluding carboxylic acids is 2. The summed E-state index contributed by atoms with van der Waals surface area (Å²) in [6.07, 6.45) is -1.14. The van der Waals surface area contributed by atoms with E-state index in [9.17, 15) is 14.7 Å². The second-order valence-corrected chi connectivity index (χ2v) is 9.06. The van der Waals surface area contributed by atoms with E-state index in [1.165, 1.54) is 18.1 Å². The molecule has 196 valence electrons. The summed E-state index contributed by atoms with van der Waals surface area (Å²) in [6, 6.07) is 14.6. The lowest BCUT2D eigenvalue weighted by Gasteiger charge is -2.36. The molecule has 2 aliphatic heterocycles. The topological polar surface area (TPSA) is 118 Å². The Hall–Kier alpha value is -3.78. The van der Waals surface area contributed by atoms with Gasteiger partial charge >= 0.3 is 6.03 Å². The third-order valence-corrected chi connectivity index (χ3v) is 6.55. The third kappa shape index (κ3) is 6.92. The Bertz CT molecular complexity index is 1110. The van der Waals surface area contributed by atoms with E-state index in [1.807, 2.05) is 36.4 Å². The highest BCUT2D eigenvalue weighted by atomic mass is 16.5. The van der Waals surface area contributed by atoms with Crippen molar-refractivity contribution in [2.45, 2.75) is 19.1 Å². The highest BCUT2D eigenvalue weighted by molar-refractivity contribution is 5.87. The number of aliphatic hydroxyl groups is 1. The molecule has 4 rings (SSSR count). The Morgan fingerprint density at radius 3 is 1.78 bits per heavy atom. The van der Waals surface area contributed by atoms with E-state index in [-0.39, 0.29) is 0 Å². The molecule has 10 nitrogen and oxygen atoms in total. The van der Waals surface area contributed by atoms with E-state index in [0.717, 1.165) is 43.1 Å². The van der Waals surface area contributed by atoms with Crippen LogP contribution in [0.25, 0.3) is 0 Å². The number of rotatable bonds is 5. The largest absolute Gasteiger partial charge is 0.391 e. The third-order valence-electron chi connectivity index (χ3n) is 6.55. The predicted molar refractivity (Wildman–Crippen MR) is 140 cm³/mol. The first-order valence-corrected chi connectivity index (χ1v) is 12.4. The molecule has 2 aromatic rings. The Kier molecular flexibility index (Phi) is 8.85. The minimum atomic E-state index is -1.23. The molecule has 3 amide bonds. The maximum atomic E-state index is 12.5. The van der Waals surface area contributed by atoms with Gasteiger partial charge in [0, 0.05) is 61.8 Å². The predicted octanol–water partition coefficient (Wildman–Crippen LogP) is 1.01. The molecule has 4 N–H and O–H groups in total. The second kappa shape index (κ2) is 12.5. The summed E-state index contributed by atoms with van der Waals surface area (Å²) in [5, 5.41) is 21.0. The lowest BCUT2D eigenvalue weighted by atomic mass is 10.1. The molecular formula is C27H33N5O5. The molecule has 2 saturated heterocycles. The Morgan fingerprint density at radius 2 is 1.32 bits per heavy atom. The van der Waals surface area contributed by atoms with Crippen molar-refractivity contribution in [3.63, 3.8) is 0 Å². The minimum Gasteiger partial charge on any atom is -0.391 e. The molecule has 0 unspecified atom stereocenters. The number of piperazine rings is 1. The van der Waals surface area contributed by atoms with Gasteiger partial charge in [-0.05, 0) is 55.5 Å². The van der Waals surface area contributed by atoms with Crippen LogP contribution < -0.4 is 20.6 Å². The van der Waals surface area contributed by atoms with Gasteiger partial charge in [0.2, 0.25) is 0 Å². The van der Waals surface area contributed by atoms with Crippen LogP contribution in [0.3, 0.4) is 0 Å². The van der Waals surface area contributed by atoms with Crippen molar-refractivity contribution in [2.75, 3.05) is 62.3 Å². The van der Waals surface area contributed by atoms with Gasteiger partial charge in [-0.1, -0.05) is 11.8 Å². The highest BCUT2D eigenvalue weighted by Gasteiger charge is 2.29. The van der Waals surface area contributed by atoms with Gasteiger partial charge in [-0.3, -0.25) is 10.0 Å². The number of nitrogens with zero attached hydrogens (tertiary/aromatic N) is 3. The SMILES string of the molecule is C[C@@H](O)[C@H](NC(=O)N1CCN(c2ccc(C#Cc3ccc(N4CCOCC4)cc3)cc2)CC1)C(=O)NO. The number of carbonyl (C=O) groups is 2. The first-order chi connectivity index (χ1) is 17.9. The first-order valence-electron chi connectivity index (χ1n) is 12.4. The lowest BCUT2D eigenvalue weighted by Crippen LogP contribution is -2.58. The Labute approximate surface area is 216 Å². The van der Waals surface area contributed by atoms with Crippen molar-refractivity contribution in [2.24, 2.45) is 0 Å². The molecule has 2 aliphatic rings. The number of nitrogens with one attached hydrogen (secondary N) is 2. The smallest absolute Gasteiger partial charge is 0.318 e. The van der Waals surface area contributed by atoms with E-state index in [1.54, 1.807) is 4.90 Å². The maximum Gasteiger partial charge on any atom is 0.318 e. The van der Waals surface area contributed by atoms with Gasteiger partial charge in [0.1, 0.15) is 6.04 Å². The van der Waals surface area contributed by atoms with E-state index >= 15 is 0 Å². The summed E-state index contributed by atoms with van der Waals surface area (Å²) in [7, 11) is 0. The zero-order valence-corrected chi connectivity index (χ0v) is 20.9. The Morgan fingerprint density at radius 1 is 0.838 bits per heavy atom. The molecule has 2 heterocycles. The van der Waals surface area contributed by atoms with Crippen LogP contribution in [0.5, 0.6) is 0 Å². The van der Waals surface area contributed by atoms with Crippen LogP contribution >= 0.6 is 0 Å². The van der Waals surface area contributed by atoms with Crippen LogP contribution in [-0.2, 0) is 9.53 Å². The van der Waals surface area contributed by atoms with Crippen molar-refractivity contribution < 1.29 is 24.6 Å². The van der Waals surface area contributed by atoms with E-state index in [0.29, 0.717) is 26.2 Å². The van der Waals surface area contributed by atoms with Gasteiger partial charge in [0.05, 0.1) is 19.3 Å². The number of hydrogen-bond acceptors (Lipinski definition) is 7. The summed E-state index contributed by atoms with van der Waals surface area (Å²) in [5.41, 5.74) is 5.58. The number of hydrogen-bond donors (Lipinski definition) is 4. The zero-order valence-electron chi connectivity index (χ0n) is 20.9. The molecule has 0 spiro atoms. The van der Waals surface area contributed by atoms with Crippen LogP contribution in [-0.4, -0.2) is 91.8 Å². The van der Waals surface area contributed by atoms with E-state index < -0.39 is 24.1 Å². The molecule has 37 heavy (non-hydrogen) atoms. The number of amides is 3. The van der Waals surface area contributed by atoms with Gasteiger partial charge in [-0.2, -0.15) is 0 Å². The molecule has 0 bridgehead atoms. The fourth-order valence-corrected chi connectivity index (χ4v) is 4.34. The van der Waals surface area contributed by atoms with Gasteiger partial charge < -0.3 is 29.9 Å². The maximum absolute atomic E-state index is 12.5. The van der Waals surface area contributed by atoms with Crippen molar-refractivity contribution in [1.82, 2.24) is 15.7 Å². The average molecular weight is 508 g/mol. The number of hydroxylamine groups is 1. The highest BCUT2D eigenvalue weighted by Crippen LogP contribution is 2.18. The number of aliphatic hydroxyl groups excluding tert-OH is 1. The fraction of sp³-hybridized carbons (Fsp3) is 0.407. The molecule has 2 aromatic carbocycles. The number of urea groups is 1. The second-order valence-electron chi connectivity index (χ2n) is 9.06. The number of benzene rings is 2. The number of morpholine rings is 1. The van der Waals surface area contributed by atoms with Gasteiger partial charge in [-0.15, -0.1) is 0 Å². The van der Waals surface area contributed by atoms with Gasteiger partial charge in [0.15, 0.2) is 0 Å². The summed E-state index contributed by atoms with van der Waals surface area (Å²) in [5.74, 6) is 5.58. The van der Waals surface area contributed by atoms with Crippen molar-refractivity contribution >= 4 is 23.3 Å². The fourth-order valence-electron chi connectivity index (χ4n) is 4.34. The Balaban J connectivity index is 1.28. The summed E-state index contributed by atoms with van der Waals surface area (Å²) in [6.45, 7) is 6.88. The van der Waals surface area contributed by atoms with E-state index in [2.05, 4.69) is 39.1 Å². The normalized spacial score (nSPS) is 17.3. The molecular weight excluding hydrogens is 474 g/mol. The van der Waals surface area contributed by atoms with Crippen LogP contribution in [0.2, 0.25) is 0 Å². The van der Waals surface area contributed by atoms with Crippen molar-refractivity contribution in [1.29, 1.82) is 0 Å². The monoisotopic (exact) mass is 507 g/mol. The standard InChI is InChI=1S/C27H33N5O5/c1-20(33)25(26(34)29-36)28-27(35)32-14-12-30(13-15-32)23-8-4-21(5-9-23)2-3-22-6-10-24(11-7-22)31-16-18-37-19-17-31/h4-11,20,25,33,36H,12-19H2,1H3,(H,28,35)(H,29,34)/t20-,25+/m1/s1. The molecule has 2 atom stereocenters. The van der Waals surface area contributed by atoms with E-state index in [4.69, 9.17) is 9.94 Å². The molecule has 10 heteroatoms. The summed E-state index contributed by atoms with van der Waals surface area (Å²) >= 11 is 0. The molecule has 0 aromatic heterocycles. The molecule has 0 radical (unpaired) electrons. The quantitative estimate of drug-likeness (QED) is 0.271. The van der Waals surface area contributed by atoms with Crippen LogP contribution in [0, 0.1) is 11.8 Å². The van der Waals surface area contributed by atoms with Gasteiger partial charge in [0.25, 0.3) is 5.91 Å². The van der Waals surface area contributed by atoms with Crippen LogP contribution in [0.4, 0.5) is 16.2 Å². The lowest BCUT2D eigenvalue weighted by molar-refractivity contribution is -0.133. The van der Waals surface area contributed by atoms with Crippen molar-refractivity contribution in [3.8, 4) is 11.8 Å². The first kappa shape index (κ1) is 26.3. The molecule has 2 fully saturated rings. The van der Waals surface area contributed by atoms with Crippen LogP contribution in [0.15, 0.2) is 48.5 Å². The van der Waals surface area contributed by atoms with Gasteiger partial charge in [-0.25, -0.2) is 10.3 Å². The number of anilines is 2. The molecule has 0 saturated carbocycles. The average Bonchev–Trinajstić information content (AvgIpc) is 2.95. The summed E-state index contributed by atoms with van der Waals surface area (Å²) < 4.78 is 5.41. The molecule has 0 aliphatic carbocycles. The number of ether oxygens (including phenoxy) is 1. The zero-order chi connectivity index (χ0) is 26.2. The van der Waals surface area contributed by atoms with Crippen LogP contribution in [0.1, 0.15) is 18.1 Å². The minimum absolute atomic E-state index is 0.459.